The van der Waals surface area contributed by atoms with Crippen LogP contribution in [0.25, 0.3) is 11.1 Å². The lowest BCUT2D eigenvalue weighted by Gasteiger charge is -2.05. The molecule has 0 atom stereocenters. The van der Waals surface area contributed by atoms with Crippen molar-refractivity contribution in [1.82, 2.24) is 4.98 Å². The van der Waals surface area contributed by atoms with E-state index in [2.05, 4.69) is 4.98 Å². The largest absolute Gasteiger partial charge is 0.481 e. The predicted molar refractivity (Wildman–Crippen MR) is 63.8 cm³/mol. The van der Waals surface area contributed by atoms with Gasteiger partial charge in [-0.2, -0.15) is 0 Å². The van der Waals surface area contributed by atoms with E-state index in [1.165, 1.54) is 24.4 Å². The van der Waals surface area contributed by atoms with Crippen molar-refractivity contribution in [3.8, 4) is 11.1 Å². The van der Waals surface area contributed by atoms with Crippen molar-refractivity contribution in [2.24, 2.45) is 0 Å². The van der Waals surface area contributed by atoms with E-state index in [4.69, 9.17) is 5.11 Å². The Labute approximate surface area is 106 Å². The Balaban J connectivity index is 2.58. The molecular formula is C13H9F2NO3. The SMILES string of the molecule is O=C(O)Cc1c[nH]c(=O)c(-c2cccc(F)c2F)c1. The van der Waals surface area contributed by atoms with Crippen molar-refractivity contribution in [3.05, 3.63) is 58.0 Å². The number of pyridine rings is 1. The van der Waals surface area contributed by atoms with Crippen LogP contribution in [0, 0.1) is 11.6 Å². The molecule has 1 heterocycles. The summed E-state index contributed by atoms with van der Waals surface area (Å²) in [5.74, 6) is -3.29. The average molecular weight is 265 g/mol. The lowest BCUT2D eigenvalue weighted by molar-refractivity contribution is -0.136. The van der Waals surface area contributed by atoms with Gasteiger partial charge in [0.1, 0.15) is 0 Å². The smallest absolute Gasteiger partial charge is 0.307 e. The van der Waals surface area contributed by atoms with Crippen molar-refractivity contribution in [2.75, 3.05) is 0 Å². The number of H-pyrrole nitrogens is 1. The Morgan fingerprint density at radius 2 is 2.00 bits per heavy atom. The third kappa shape index (κ3) is 2.67. The summed E-state index contributed by atoms with van der Waals surface area (Å²) in [5, 5.41) is 8.67. The van der Waals surface area contributed by atoms with E-state index in [9.17, 15) is 18.4 Å². The van der Waals surface area contributed by atoms with Crippen LogP contribution in [-0.2, 0) is 11.2 Å². The van der Waals surface area contributed by atoms with Gasteiger partial charge in [-0.1, -0.05) is 12.1 Å². The number of nitrogens with one attached hydrogen (secondary N) is 1. The highest BCUT2D eigenvalue weighted by molar-refractivity contribution is 5.71. The Morgan fingerprint density at radius 3 is 2.68 bits per heavy atom. The highest BCUT2D eigenvalue weighted by Gasteiger charge is 2.14. The molecule has 6 heteroatoms. The molecule has 1 aromatic carbocycles. The van der Waals surface area contributed by atoms with Gasteiger partial charge in [-0.25, -0.2) is 8.78 Å². The van der Waals surface area contributed by atoms with Gasteiger partial charge in [0, 0.05) is 11.8 Å². The number of rotatable bonds is 3. The molecule has 19 heavy (non-hydrogen) atoms. The molecule has 0 aliphatic rings. The number of halogens is 2. The van der Waals surface area contributed by atoms with E-state index < -0.39 is 23.2 Å². The van der Waals surface area contributed by atoms with Gasteiger partial charge in [-0.05, 0) is 17.7 Å². The Morgan fingerprint density at radius 1 is 1.26 bits per heavy atom. The van der Waals surface area contributed by atoms with Crippen LogP contribution < -0.4 is 5.56 Å². The summed E-state index contributed by atoms with van der Waals surface area (Å²) < 4.78 is 26.7. The molecule has 2 N–H and O–H groups in total. The summed E-state index contributed by atoms with van der Waals surface area (Å²) in [6.45, 7) is 0. The fraction of sp³-hybridized carbons (Fsp3) is 0.0769. The number of aromatic nitrogens is 1. The highest BCUT2D eigenvalue weighted by atomic mass is 19.2. The maximum atomic E-state index is 13.6. The first kappa shape index (κ1) is 12.9. The Hall–Kier alpha value is -2.50. The van der Waals surface area contributed by atoms with E-state index in [0.717, 1.165) is 6.07 Å². The molecular weight excluding hydrogens is 256 g/mol. The number of carbonyl (C=O) groups is 1. The first-order valence-corrected chi connectivity index (χ1v) is 5.37. The van der Waals surface area contributed by atoms with Crippen LogP contribution in [0.15, 0.2) is 35.3 Å². The fourth-order valence-corrected chi connectivity index (χ4v) is 1.72. The number of carboxylic acids is 1. The van der Waals surface area contributed by atoms with Crippen molar-refractivity contribution < 1.29 is 18.7 Å². The predicted octanol–water partition coefficient (Wildman–Crippen LogP) is 1.95. The summed E-state index contributed by atoms with van der Waals surface area (Å²) in [6, 6.07) is 4.71. The third-order valence-corrected chi connectivity index (χ3v) is 2.56. The second kappa shape index (κ2) is 5.01. The number of hydrogen-bond acceptors (Lipinski definition) is 2. The van der Waals surface area contributed by atoms with Gasteiger partial charge < -0.3 is 10.1 Å². The van der Waals surface area contributed by atoms with E-state index in [1.807, 2.05) is 0 Å². The van der Waals surface area contributed by atoms with Crippen LogP contribution in [-0.4, -0.2) is 16.1 Å². The van der Waals surface area contributed by atoms with Crippen molar-refractivity contribution in [2.45, 2.75) is 6.42 Å². The molecule has 0 spiro atoms. The Kier molecular flexibility index (Phi) is 3.41. The van der Waals surface area contributed by atoms with E-state index in [1.54, 1.807) is 0 Å². The molecule has 0 aliphatic heterocycles. The van der Waals surface area contributed by atoms with Crippen LogP contribution >= 0.6 is 0 Å². The van der Waals surface area contributed by atoms with Crippen LogP contribution in [0.2, 0.25) is 0 Å². The molecule has 0 aliphatic carbocycles. The van der Waals surface area contributed by atoms with Gasteiger partial charge in [0.2, 0.25) is 0 Å². The summed E-state index contributed by atoms with van der Waals surface area (Å²) >= 11 is 0. The van der Waals surface area contributed by atoms with Gasteiger partial charge in [-0.15, -0.1) is 0 Å². The maximum absolute atomic E-state index is 13.6. The van der Waals surface area contributed by atoms with Crippen LogP contribution in [0.1, 0.15) is 5.56 Å². The number of carboxylic acid groups (broad SMARTS) is 1. The first-order chi connectivity index (χ1) is 8.99. The minimum atomic E-state index is -1.14. The molecule has 2 aromatic rings. The van der Waals surface area contributed by atoms with Crippen LogP contribution in [0.5, 0.6) is 0 Å². The quantitative estimate of drug-likeness (QED) is 0.891. The summed E-state index contributed by atoms with van der Waals surface area (Å²) in [4.78, 5) is 24.5. The van der Waals surface area contributed by atoms with Crippen molar-refractivity contribution >= 4 is 5.97 Å². The monoisotopic (exact) mass is 265 g/mol. The van der Waals surface area contributed by atoms with Gasteiger partial charge >= 0.3 is 5.97 Å². The minimum Gasteiger partial charge on any atom is -0.481 e. The molecule has 0 unspecified atom stereocenters. The van der Waals surface area contributed by atoms with Gasteiger partial charge in [0.25, 0.3) is 5.56 Å². The molecule has 0 saturated carbocycles. The second-order valence-corrected chi connectivity index (χ2v) is 3.92. The topological polar surface area (TPSA) is 70.2 Å². The molecule has 0 radical (unpaired) electrons. The zero-order valence-corrected chi connectivity index (χ0v) is 9.61. The normalized spacial score (nSPS) is 10.4. The Bertz CT molecular complexity index is 695. The van der Waals surface area contributed by atoms with Crippen molar-refractivity contribution in [1.29, 1.82) is 0 Å². The van der Waals surface area contributed by atoms with Crippen LogP contribution in [0.4, 0.5) is 8.78 Å². The van der Waals surface area contributed by atoms with Crippen LogP contribution in [0.3, 0.4) is 0 Å². The van der Waals surface area contributed by atoms with E-state index >= 15 is 0 Å². The molecule has 98 valence electrons. The zero-order chi connectivity index (χ0) is 14.0. The average Bonchev–Trinajstić information content (AvgIpc) is 2.35. The molecule has 0 bridgehead atoms. The molecule has 2 rings (SSSR count). The van der Waals surface area contributed by atoms with E-state index in [-0.39, 0.29) is 17.5 Å². The molecule has 0 fully saturated rings. The standard InChI is InChI=1S/C13H9F2NO3/c14-10-3-1-2-8(12(10)15)9-4-7(5-11(17)18)6-16-13(9)19/h1-4,6H,5H2,(H,16,19)(H,17,18). The lowest BCUT2D eigenvalue weighted by atomic mass is 10.0. The molecule has 0 saturated heterocycles. The molecule has 1 aromatic heterocycles. The van der Waals surface area contributed by atoms with Gasteiger partial charge in [0.15, 0.2) is 11.6 Å². The number of aromatic amines is 1. The first-order valence-electron chi connectivity index (χ1n) is 5.37. The third-order valence-electron chi connectivity index (χ3n) is 2.56. The zero-order valence-electron chi connectivity index (χ0n) is 9.61. The van der Waals surface area contributed by atoms with E-state index in [0.29, 0.717) is 5.56 Å². The number of benzene rings is 1. The molecule has 4 nitrogen and oxygen atoms in total. The van der Waals surface area contributed by atoms with Gasteiger partial charge in [0.05, 0.1) is 12.0 Å². The summed E-state index contributed by atoms with van der Waals surface area (Å²) in [5.41, 5.74) is -0.617. The minimum absolute atomic E-state index is 0.101. The van der Waals surface area contributed by atoms with Crippen molar-refractivity contribution in [3.63, 3.8) is 0 Å². The summed E-state index contributed by atoms with van der Waals surface area (Å²) in [6.07, 6.45) is 0.915. The fourth-order valence-electron chi connectivity index (χ4n) is 1.72. The second-order valence-electron chi connectivity index (χ2n) is 3.92. The lowest BCUT2D eigenvalue weighted by Crippen LogP contribution is -2.12. The molecule has 0 amide bonds. The highest BCUT2D eigenvalue weighted by Crippen LogP contribution is 2.22. The summed E-state index contributed by atoms with van der Waals surface area (Å²) in [7, 11) is 0. The van der Waals surface area contributed by atoms with Gasteiger partial charge in [-0.3, -0.25) is 9.59 Å². The number of aliphatic carboxylic acids is 1. The number of hydrogen-bond donors (Lipinski definition) is 2. The maximum Gasteiger partial charge on any atom is 0.307 e.